The molecule has 0 saturated heterocycles. The predicted molar refractivity (Wildman–Crippen MR) is 67.5 cm³/mol. The lowest BCUT2D eigenvalue weighted by atomic mass is 10.1. The third kappa shape index (κ3) is 2.82. The number of aromatic nitrogens is 1. The summed E-state index contributed by atoms with van der Waals surface area (Å²) in [6, 6.07) is 1.56. The highest BCUT2D eigenvalue weighted by atomic mass is 19.1. The summed E-state index contributed by atoms with van der Waals surface area (Å²) in [7, 11) is 1.86. The summed E-state index contributed by atoms with van der Waals surface area (Å²) in [6.45, 7) is 4.59. The molecule has 4 heteroatoms. The average Bonchev–Trinajstić information content (AvgIpc) is 2.29. The van der Waals surface area contributed by atoms with E-state index in [0.717, 1.165) is 30.9 Å². The molecule has 0 bridgehead atoms. The third-order valence-corrected chi connectivity index (χ3v) is 2.91. The Bertz CT molecular complexity index is 429. The molecular formula is C13H18FN3. The molecule has 17 heavy (non-hydrogen) atoms. The van der Waals surface area contributed by atoms with Crippen LogP contribution < -0.4 is 10.2 Å². The molecule has 0 spiro atoms. The van der Waals surface area contributed by atoms with E-state index in [1.54, 1.807) is 6.07 Å². The van der Waals surface area contributed by atoms with E-state index in [1.807, 2.05) is 7.05 Å². The van der Waals surface area contributed by atoms with E-state index in [2.05, 4.69) is 28.2 Å². The van der Waals surface area contributed by atoms with Crippen LogP contribution in [-0.2, 0) is 6.54 Å². The Kier molecular flexibility index (Phi) is 3.74. The molecule has 0 fully saturated rings. The first kappa shape index (κ1) is 12.0. The van der Waals surface area contributed by atoms with Crippen LogP contribution in [0.3, 0.4) is 0 Å². The van der Waals surface area contributed by atoms with Gasteiger partial charge < -0.3 is 10.2 Å². The normalized spacial score (nSPS) is 15.9. The molecule has 0 saturated carbocycles. The van der Waals surface area contributed by atoms with Crippen molar-refractivity contribution in [2.24, 2.45) is 0 Å². The van der Waals surface area contributed by atoms with Gasteiger partial charge in [-0.05, 0) is 26.5 Å². The maximum absolute atomic E-state index is 13.2. The molecule has 0 atom stereocenters. The van der Waals surface area contributed by atoms with Gasteiger partial charge in [-0.15, -0.1) is 0 Å². The van der Waals surface area contributed by atoms with Gasteiger partial charge in [0.25, 0.3) is 0 Å². The number of nitrogens with zero attached hydrogens (tertiary/aromatic N) is 2. The van der Waals surface area contributed by atoms with Gasteiger partial charge in [-0.2, -0.15) is 0 Å². The van der Waals surface area contributed by atoms with E-state index in [4.69, 9.17) is 0 Å². The molecule has 3 nitrogen and oxygen atoms in total. The van der Waals surface area contributed by atoms with Crippen LogP contribution in [0, 0.1) is 5.82 Å². The summed E-state index contributed by atoms with van der Waals surface area (Å²) in [5.41, 5.74) is 2.26. The highest BCUT2D eigenvalue weighted by Gasteiger charge is 2.15. The van der Waals surface area contributed by atoms with Crippen LogP contribution >= 0.6 is 0 Å². The Hall–Kier alpha value is -1.42. The van der Waals surface area contributed by atoms with Gasteiger partial charge in [-0.1, -0.05) is 11.6 Å². The lowest BCUT2D eigenvalue weighted by molar-refractivity contribution is 0.614. The number of halogens is 1. The van der Waals surface area contributed by atoms with E-state index < -0.39 is 0 Å². The second-order valence-electron chi connectivity index (χ2n) is 4.43. The Morgan fingerprint density at radius 1 is 1.53 bits per heavy atom. The van der Waals surface area contributed by atoms with Gasteiger partial charge in [0.15, 0.2) is 0 Å². The van der Waals surface area contributed by atoms with Gasteiger partial charge in [0.2, 0.25) is 0 Å². The largest absolute Gasteiger partial charge is 0.352 e. The Morgan fingerprint density at radius 2 is 2.35 bits per heavy atom. The van der Waals surface area contributed by atoms with Crippen molar-refractivity contribution < 1.29 is 4.39 Å². The predicted octanol–water partition coefficient (Wildman–Crippen LogP) is 2.10. The molecule has 2 rings (SSSR count). The molecule has 1 N–H and O–H groups in total. The summed E-state index contributed by atoms with van der Waals surface area (Å²) in [6.07, 6.45) is 4.57. The van der Waals surface area contributed by atoms with Crippen molar-refractivity contribution in [2.75, 3.05) is 25.0 Å². The lowest BCUT2D eigenvalue weighted by Crippen LogP contribution is -2.31. The highest BCUT2D eigenvalue weighted by molar-refractivity contribution is 5.49. The minimum absolute atomic E-state index is 0.275. The molecule has 0 unspecified atom stereocenters. The molecule has 2 heterocycles. The summed E-state index contributed by atoms with van der Waals surface area (Å²) < 4.78 is 13.2. The van der Waals surface area contributed by atoms with E-state index in [1.165, 1.54) is 11.8 Å². The third-order valence-electron chi connectivity index (χ3n) is 2.91. The molecule has 1 aromatic heterocycles. The summed E-state index contributed by atoms with van der Waals surface area (Å²) in [5, 5.41) is 3.05. The van der Waals surface area contributed by atoms with Crippen molar-refractivity contribution in [2.45, 2.75) is 19.9 Å². The molecule has 1 aromatic rings. The number of hydrogen-bond acceptors (Lipinski definition) is 3. The average molecular weight is 235 g/mol. The molecule has 1 aliphatic heterocycles. The van der Waals surface area contributed by atoms with Gasteiger partial charge in [-0.3, -0.25) is 0 Å². The molecule has 0 radical (unpaired) electrons. The SMILES string of the molecule is CNCc1cc(F)cnc1N1CCC=C(C)C1. The second kappa shape index (κ2) is 5.27. The van der Waals surface area contributed by atoms with Crippen molar-refractivity contribution in [3.63, 3.8) is 0 Å². The first-order chi connectivity index (χ1) is 8.20. The quantitative estimate of drug-likeness (QED) is 0.813. The van der Waals surface area contributed by atoms with Gasteiger partial charge >= 0.3 is 0 Å². The van der Waals surface area contributed by atoms with E-state index in [-0.39, 0.29) is 5.82 Å². The van der Waals surface area contributed by atoms with Gasteiger partial charge in [0, 0.05) is 25.2 Å². The summed E-state index contributed by atoms with van der Waals surface area (Å²) >= 11 is 0. The van der Waals surface area contributed by atoms with Gasteiger partial charge in [0.1, 0.15) is 11.6 Å². The fourth-order valence-electron chi connectivity index (χ4n) is 2.17. The van der Waals surface area contributed by atoms with Crippen LogP contribution in [0.2, 0.25) is 0 Å². The highest BCUT2D eigenvalue weighted by Crippen LogP contribution is 2.22. The topological polar surface area (TPSA) is 28.2 Å². The van der Waals surface area contributed by atoms with Crippen LogP contribution in [0.5, 0.6) is 0 Å². The molecular weight excluding hydrogens is 217 g/mol. The van der Waals surface area contributed by atoms with Gasteiger partial charge in [-0.25, -0.2) is 9.37 Å². The number of pyridine rings is 1. The number of rotatable bonds is 3. The maximum atomic E-state index is 13.2. The van der Waals surface area contributed by atoms with E-state index in [0.29, 0.717) is 6.54 Å². The Labute approximate surface area is 101 Å². The van der Waals surface area contributed by atoms with Crippen molar-refractivity contribution >= 4 is 5.82 Å². The fourth-order valence-corrected chi connectivity index (χ4v) is 2.17. The zero-order valence-electron chi connectivity index (χ0n) is 10.3. The molecule has 92 valence electrons. The fraction of sp³-hybridized carbons (Fsp3) is 0.462. The van der Waals surface area contributed by atoms with E-state index >= 15 is 0 Å². The Balaban J connectivity index is 2.27. The standard InChI is InChI=1S/C13H18FN3/c1-10-4-3-5-17(9-10)13-11(7-15-2)6-12(14)8-16-13/h4,6,8,15H,3,5,7,9H2,1-2H3. The number of anilines is 1. The zero-order valence-corrected chi connectivity index (χ0v) is 10.3. The smallest absolute Gasteiger partial charge is 0.141 e. The molecule has 0 aliphatic carbocycles. The van der Waals surface area contributed by atoms with Crippen LogP contribution in [0.15, 0.2) is 23.9 Å². The molecule has 0 aromatic carbocycles. The van der Waals surface area contributed by atoms with Gasteiger partial charge in [0.05, 0.1) is 6.20 Å². The van der Waals surface area contributed by atoms with Crippen molar-refractivity contribution in [3.8, 4) is 0 Å². The van der Waals surface area contributed by atoms with E-state index in [9.17, 15) is 4.39 Å². The first-order valence-electron chi connectivity index (χ1n) is 5.90. The minimum Gasteiger partial charge on any atom is -0.352 e. The number of nitrogens with one attached hydrogen (secondary N) is 1. The Morgan fingerprint density at radius 3 is 3.06 bits per heavy atom. The first-order valence-corrected chi connectivity index (χ1v) is 5.90. The monoisotopic (exact) mass is 235 g/mol. The van der Waals surface area contributed by atoms with Crippen LogP contribution in [-0.4, -0.2) is 25.1 Å². The molecule has 1 aliphatic rings. The summed E-state index contributed by atoms with van der Waals surface area (Å²) in [4.78, 5) is 6.45. The van der Waals surface area contributed by atoms with Crippen LogP contribution in [0.1, 0.15) is 18.9 Å². The minimum atomic E-state index is -0.275. The van der Waals surface area contributed by atoms with Crippen molar-refractivity contribution in [3.05, 3.63) is 35.3 Å². The number of hydrogen-bond donors (Lipinski definition) is 1. The summed E-state index contributed by atoms with van der Waals surface area (Å²) in [5.74, 6) is 0.622. The zero-order chi connectivity index (χ0) is 12.3. The molecule has 0 amide bonds. The lowest BCUT2D eigenvalue weighted by Gasteiger charge is -2.29. The maximum Gasteiger partial charge on any atom is 0.141 e. The van der Waals surface area contributed by atoms with Crippen LogP contribution in [0.4, 0.5) is 10.2 Å². The van der Waals surface area contributed by atoms with Crippen molar-refractivity contribution in [1.29, 1.82) is 0 Å². The van der Waals surface area contributed by atoms with Crippen molar-refractivity contribution in [1.82, 2.24) is 10.3 Å². The second-order valence-corrected chi connectivity index (χ2v) is 4.43. The van der Waals surface area contributed by atoms with Crippen LogP contribution in [0.25, 0.3) is 0 Å².